The topological polar surface area (TPSA) is 28.4 Å². The molecule has 2 aromatic rings. The molecule has 0 atom stereocenters. The fourth-order valence-electron chi connectivity index (χ4n) is 2.35. The van der Waals surface area contributed by atoms with E-state index < -0.39 is 0 Å². The van der Waals surface area contributed by atoms with Gasteiger partial charge >= 0.3 is 0 Å². The van der Waals surface area contributed by atoms with Gasteiger partial charge in [-0.05, 0) is 55.8 Å². The second-order valence-corrected chi connectivity index (χ2v) is 5.35. The molecule has 0 aliphatic rings. The molecular weight excluding hydrogens is 248 g/mol. The van der Waals surface area contributed by atoms with Gasteiger partial charge in [0.05, 0.1) is 13.1 Å². The van der Waals surface area contributed by atoms with Gasteiger partial charge in [-0.2, -0.15) is 0 Å². The van der Waals surface area contributed by atoms with Crippen molar-refractivity contribution in [2.75, 3.05) is 18.5 Å². The molecule has 1 aromatic carbocycles. The van der Waals surface area contributed by atoms with Crippen molar-refractivity contribution in [2.24, 2.45) is 0 Å². The van der Waals surface area contributed by atoms with E-state index in [4.69, 9.17) is 4.42 Å². The smallest absolute Gasteiger partial charge is 0.123 e. The summed E-state index contributed by atoms with van der Waals surface area (Å²) in [5.41, 5.74) is 3.81. The quantitative estimate of drug-likeness (QED) is 0.870. The third kappa shape index (κ3) is 3.87. The summed E-state index contributed by atoms with van der Waals surface area (Å²) in [6.45, 7) is 8.90. The summed E-state index contributed by atoms with van der Waals surface area (Å²) in [6, 6.07) is 10.7. The van der Waals surface area contributed by atoms with Crippen LogP contribution in [0.2, 0.25) is 0 Å². The van der Waals surface area contributed by atoms with E-state index in [0.717, 1.165) is 31.2 Å². The second kappa shape index (κ2) is 6.62. The summed E-state index contributed by atoms with van der Waals surface area (Å²) >= 11 is 0. The largest absolute Gasteiger partial charge is 0.463 e. The number of hydrogen-bond acceptors (Lipinski definition) is 3. The van der Waals surface area contributed by atoms with Crippen LogP contribution < -0.4 is 10.2 Å². The Morgan fingerprint density at radius 2 is 1.70 bits per heavy atom. The van der Waals surface area contributed by atoms with Gasteiger partial charge in [-0.15, -0.1) is 0 Å². The molecule has 1 N–H and O–H groups in total. The van der Waals surface area contributed by atoms with Gasteiger partial charge in [0.15, 0.2) is 0 Å². The summed E-state index contributed by atoms with van der Waals surface area (Å²) < 4.78 is 5.83. The van der Waals surface area contributed by atoms with Gasteiger partial charge < -0.3 is 14.6 Å². The van der Waals surface area contributed by atoms with E-state index in [1.165, 1.54) is 16.8 Å². The maximum atomic E-state index is 5.83. The molecule has 3 heteroatoms. The van der Waals surface area contributed by atoms with Crippen molar-refractivity contribution < 1.29 is 4.42 Å². The summed E-state index contributed by atoms with van der Waals surface area (Å²) in [4.78, 5) is 2.22. The molecule has 20 heavy (non-hydrogen) atoms. The first-order chi connectivity index (χ1) is 9.58. The summed E-state index contributed by atoms with van der Waals surface area (Å²) in [7, 11) is 2.10. The molecule has 0 aliphatic carbocycles. The predicted molar refractivity (Wildman–Crippen MR) is 84.1 cm³/mol. The van der Waals surface area contributed by atoms with Crippen LogP contribution in [0.25, 0.3) is 0 Å². The first-order valence-electron chi connectivity index (χ1n) is 7.16. The Balaban J connectivity index is 2.03. The molecule has 0 fully saturated rings. The molecule has 1 heterocycles. The minimum absolute atomic E-state index is 0.787. The van der Waals surface area contributed by atoms with Crippen molar-refractivity contribution >= 4 is 5.69 Å². The van der Waals surface area contributed by atoms with Crippen molar-refractivity contribution in [1.82, 2.24) is 5.32 Å². The Labute approximate surface area is 121 Å². The van der Waals surface area contributed by atoms with Crippen molar-refractivity contribution in [1.29, 1.82) is 0 Å². The monoisotopic (exact) mass is 272 g/mol. The highest BCUT2D eigenvalue weighted by Gasteiger charge is 2.07. The maximum absolute atomic E-state index is 5.83. The second-order valence-electron chi connectivity index (χ2n) is 5.35. The number of rotatable bonds is 6. The van der Waals surface area contributed by atoms with Crippen molar-refractivity contribution in [3.63, 3.8) is 0 Å². The van der Waals surface area contributed by atoms with Crippen LogP contribution in [-0.2, 0) is 13.1 Å². The molecule has 0 bridgehead atoms. The van der Waals surface area contributed by atoms with Gasteiger partial charge in [0.1, 0.15) is 11.5 Å². The lowest BCUT2D eigenvalue weighted by Crippen LogP contribution is -2.16. The van der Waals surface area contributed by atoms with Gasteiger partial charge in [0.25, 0.3) is 0 Å². The molecule has 0 radical (unpaired) electrons. The predicted octanol–water partition coefficient (Wildman–Crippen LogP) is 3.64. The number of hydrogen-bond donors (Lipinski definition) is 1. The molecule has 0 spiro atoms. The van der Waals surface area contributed by atoms with Gasteiger partial charge in [-0.25, -0.2) is 0 Å². The SMILES string of the molecule is CCNCc1ccc(CN(C)c2cc(C)cc(C)c2)o1. The highest BCUT2D eigenvalue weighted by molar-refractivity contribution is 5.50. The van der Waals surface area contributed by atoms with Crippen LogP contribution in [0.1, 0.15) is 29.6 Å². The van der Waals surface area contributed by atoms with Crippen LogP contribution in [-0.4, -0.2) is 13.6 Å². The third-order valence-corrected chi connectivity index (χ3v) is 3.31. The lowest BCUT2D eigenvalue weighted by molar-refractivity contribution is 0.448. The molecule has 0 saturated carbocycles. The number of nitrogens with zero attached hydrogens (tertiary/aromatic N) is 1. The van der Waals surface area contributed by atoms with Crippen LogP contribution in [0.15, 0.2) is 34.7 Å². The summed E-state index contributed by atoms with van der Waals surface area (Å²) in [6.07, 6.45) is 0. The average molecular weight is 272 g/mol. The standard InChI is InChI=1S/C17H24N2O/c1-5-18-11-16-6-7-17(20-16)12-19(4)15-9-13(2)8-14(3)10-15/h6-10,18H,5,11-12H2,1-4H3. The number of benzene rings is 1. The molecular formula is C17H24N2O. The Kier molecular flexibility index (Phi) is 4.85. The minimum atomic E-state index is 0.787. The molecule has 0 unspecified atom stereocenters. The zero-order valence-corrected chi connectivity index (χ0v) is 12.9. The molecule has 108 valence electrons. The van der Waals surface area contributed by atoms with Gasteiger partial charge in [0.2, 0.25) is 0 Å². The molecule has 0 amide bonds. The minimum Gasteiger partial charge on any atom is -0.463 e. The number of furan rings is 1. The van der Waals surface area contributed by atoms with E-state index in [0.29, 0.717) is 0 Å². The van der Waals surface area contributed by atoms with Crippen LogP contribution in [0, 0.1) is 13.8 Å². The molecule has 0 aliphatic heterocycles. The average Bonchev–Trinajstić information content (AvgIpc) is 2.82. The van der Waals surface area contributed by atoms with Crippen LogP contribution in [0.3, 0.4) is 0 Å². The Morgan fingerprint density at radius 1 is 1.05 bits per heavy atom. The van der Waals surface area contributed by atoms with Gasteiger partial charge in [-0.1, -0.05) is 13.0 Å². The summed E-state index contributed by atoms with van der Waals surface area (Å²) in [5.74, 6) is 2.00. The zero-order valence-electron chi connectivity index (χ0n) is 12.9. The highest BCUT2D eigenvalue weighted by atomic mass is 16.3. The van der Waals surface area contributed by atoms with Crippen molar-refractivity contribution in [3.05, 3.63) is 53.0 Å². The zero-order chi connectivity index (χ0) is 14.5. The van der Waals surface area contributed by atoms with E-state index in [2.05, 4.69) is 62.3 Å². The molecule has 1 aromatic heterocycles. The van der Waals surface area contributed by atoms with E-state index >= 15 is 0 Å². The number of nitrogens with one attached hydrogen (secondary N) is 1. The normalized spacial score (nSPS) is 10.8. The van der Waals surface area contributed by atoms with E-state index in [-0.39, 0.29) is 0 Å². The van der Waals surface area contributed by atoms with Crippen LogP contribution >= 0.6 is 0 Å². The van der Waals surface area contributed by atoms with Crippen LogP contribution in [0.4, 0.5) is 5.69 Å². The fourth-order valence-corrected chi connectivity index (χ4v) is 2.35. The third-order valence-electron chi connectivity index (χ3n) is 3.31. The lowest BCUT2D eigenvalue weighted by Gasteiger charge is -2.19. The van der Waals surface area contributed by atoms with E-state index in [1.807, 2.05) is 6.07 Å². The Bertz CT molecular complexity index is 540. The molecule has 0 saturated heterocycles. The number of aryl methyl sites for hydroxylation is 2. The van der Waals surface area contributed by atoms with Crippen molar-refractivity contribution in [2.45, 2.75) is 33.9 Å². The first-order valence-corrected chi connectivity index (χ1v) is 7.16. The number of anilines is 1. The Hall–Kier alpha value is -1.74. The van der Waals surface area contributed by atoms with Crippen molar-refractivity contribution in [3.8, 4) is 0 Å². The lowest BCUT2D eigenvalue weighted by atomic mass is 10.1. The fraction of sp³-hybridized carbons (Fsp3) is 0.412. The van der Waals surface area contributed by atoms with Crippen LogP contribution in [0.5, 0.6) is 0 Å². The molecule has 3 nitrogen and oxygen atoms in total. The van der Waals surface area contributed by atoms with Gasteiger partial charge in [0, 0.05) is 12.7 Å². The summed E-state index contributed by atoms with van der Waals surface area (Å²) in [5, 5.41) is 3.27. The highest BCUT2D eigenvalue weighted by Crippen LogP contribution is 2.20. The van der Waals surface area contributed by atoms with E-state index in [1.54, 1.807) is 0 Å². The maximum Gasteiger partial charge on any atom is 0.123 e. The first kappa shape index (κ1) is 14.7. The van der Waals surface area contributed by atoms with E-state index in [9.17, 15) is 0 Å². The Morgan fingerprint density at radius 3 is 2.35 bits per heavy atom. The molecule has 2 rings (SSSR count). The van der Waals surface area contributed by atoms with Gasteiger partial charge in [-0.3, -0.25) is 0 Å².